The number of amides is 4. The van der Waals surface area contributed by atoms with Crippen molar-refractivity contribution >= 4 is 23.6 Å². The van der Waals surface area contributed by atoms with E-state index in [1.807, 2.05) is 20.8 Å². The number of nitrogens with one attached hydrogen (secondary N) is 1. The maximum Gasteiger partial charge on any atom is 0.244 e. The zero-order valence-corrected chi connectivity index (χ0v) is 19.0. The summed E-state index contributed by atoms with van der Waals surface area (Å²) >= 11 is 0. The van der Waals surface area contributed by atoms with Crippen molar-refractivity contribution in [2.75, 3.05) is 13.1 Å². The first-order valence-electron chi connectivity index (χ1n) is 11.5. The SMILES string of the molecule is CC(C)(C)[C@H](N)C(=O)N1CC2C3C=CC(C3)C2C1(C(N)=O)[C@H](C[C@H]1CCNC1=O)C(N)=O. The number of carbonyl (C=O) groups excluding carboxylic acids is 4. The van der Waals surface area contributed by atoms with E-state index in [4.69, 9.17) is 17.2 Å². The molecule has 176 valence electrons. The lowest BCUT2D eigenvalue weighted by molar-refractivity contribution is -0.156. The monoisotopic (exact) mass is 445 g/mol. The zero-order chi connectivity index (χ0) is 23.6. The second-order valence-corrected chi connectivity index (χ2v) is 11.1. The summed E-state index contributed by atoms with van der Waals surface area (Å²) in [6, 6.07) is -0.881. The summed E-state index contributed by atoms with van der Waals surface area (Å²) in [7, 11) is 0. The van der Waals surface area contributed by atoms with Crippen LogP contribution in [0.2, 0.25) is 0 Å². The van der Waals surface area contributed by atoms with Crippen LogP contribution in [-0.4, -0.2) is 53.2 Å². The standard InChI is InChI=1S/C23H35N5O4/c1-22(2,3)17(24)20(31)28-10-14-11-4-5-12(8-11)16(14)23(28,21(26)32)15(18(25)29)9-13-6-7-27-19(13)30/h4-5,11-17H,6-10,24H2,1-3H3,(H2,25,29)(H2,26,32)(H,27,30)/t11?,12?,13-,14?,15-,16?,17-,23?/m1/s1. The highest BCUT2D eigenvalue weighted by Crippen LogP contribution is 2.60. The lowest BCUT2D eigenvalue weighted by Gasteiger charge is -2.47. The largest absolute Gasteiger partial charge is 0.369 e. The Morgan fingerprint density at radius 3 is 2.41 bits per heavy atom. The molecule has 5 unspecified atom stereocenters. The van der Waals surface area contributed by atoms with E-state index >= 15 is 0 Å². The predicted molar refractivity (Wildman–Crippen MR) is 117 cm³/mol. The first-order valence-corrected chi connectivity index (χ1v) is 11.5. The van der Waals surface area contributed by atoms with E-state index in [0.717, 1.165) is 6.42 Å². The summed E-state index contributed by atoms with van der Waals surface area (Å²) < 4.78 is 0. The van der Waals surface area contributed by atoms with Crippen molar-refractivity contribution in [2.24, 2.45) is 58.1 Å². The number of hydrogen-bond donors (Lipinski definition) is 4. The van der Waals surface area contributed by atoms with Crippen molar-refractivity contribution in [3.05, 3.63) is 12.2 Å². The molecule has 0 aromatic carbocycles. The number of nitrogens with zero attached hydrogens (tertiary/aromatic N) is 1. The smallest absolute Gasteiger partial charge is 0.244 e. The number of primary amides is 2. The van der Waals surface area contributed by atoms with E-state index in [1.165, 1.54) is 4.90 Å². The molecule has 0 radical (unpaired) electrons. The molecule has 32 heavy (non-hydrogen) atoms. The van der Waals surface area contributed by atoms with Gasteiger partial charge in [-0.2, -0.15) is 0 Å². The molecule has 2 bridgehead atoms. The van der Waals surface area contributed by atoms with Crippen LogP contribution in [0.1, 0.15) is 40.0 Å². The molecular formula is C23H35N5O4. The van der Waals surface area contributed by atoms with Crippen molar-refractivity contribution in [2.45, 2.75) is 51.6 Å². The maximum atomic E-state index is 13.7. The molecule has 4 aliphatic rings. The molecule has 2 saturated heterocycles. The van der Waals surface area contributed by atoms with E-state index in [-0.39, 0.29) is 36.0 Å². The third-order valence-corrected chi connectivity index (χ3v) is 8.39. The topological polar surface area (TPSA) is 162 Å². The number of likely N-dealkylation sites (tertiary alicyclic amines) is 1. The summed E-state index contributed by atoms with van der Waals surface area (Å²) in [6.07, 6.45) is 5.71. The van der Waals surface area contributed by atoms with Crippen molar-refractivity contribution in [1.29, 1.82) is 0 Å². The van der Waals surface area contributed by atoms with E-state index in [9.17, 15) is 19.2 Å². The molecular weight excluding hydrogens is 410 g/mol. The molecule has 1 saturated carbocycles. The molecule has 4 rings (SSSR count). The molecule has 0 spiro atoms. The van der Waals surface area contributed by atoms with Gasteiger partial charge >= 0.3 is 0 Å². The Hall–Kier alpha value is -2.42. The number of hydrogen-bond acceptors (Lipinski definition) is 5. The average molecular weight is 446 g/mol. The first-order chi connectivity index (χ1) is 14.9. The second kappa shape index (κ2) is 7.57. The van der Waals surface area contributed by atoms with Crippen molar-refractivity contribution < 1.29 is 19.2 Å². The molecule has 0 aromatic heterocycles. The van der Waals surface area contributed by atoms with Crippen LogP contribution in [0.3, 0.4) is 0 Å². The quantitative estimate of drug-likeness (QED) is 0.404. The van der Waals surface area contributed by atoms with Gasteiger partial charge in [0.25, 0.3) is 0 Å². The number of carbonyl (C=O) groups is 4. The minimum Gasteiger partial charge on any atom is -0.369 e. The molecule has 0 aromatic rings. The number of fused-ring (bicyclic) bond motifs is 5. The van der Waals surface area contributed by atoms with Gasteiger partial charge in [-0.25, -0.2) is 0 Å². The summed E-state index contributed by atoms with van der Waals surface area (Å²) in [5.41, 5.74) is 16.2. The van der Waals surface area contributed by atoms with Gasteiger partial charge in [0.2, 0.25) is 23.6 Å². The van der Waals surface area contributed by atoms with Crippen LogP contribution in [-0.2, 0) is 19.2 Å². The van der Waals surface area contributed by atoms with Gasteiger partial charge in [-0.3, -0.25) is 19.2 Å². The van der Waals surface area contributed by atoms with Crippen LogP contribution in [0.4, 0.5) is 0 Å². The molecule has 2 heterocycles. The second-order valence-electron chi connectivity index (χ2n) is 11.1. The molecule has 4 amide bonds. The van der Waals surface area contributed by atoms with Crippen LogP contribution < -0.4 is 22.5 Å². The van der Waals surface area contributed by atoms with Crippen LogP contribution in [0.5, 0.6) is 0 Å². The van der Waals surface area contributed by atoms with Gasteiger partial charge in [-0.1, -0.05) is 32.9 Å². The maximum absolute atomic E-state index is 13.7. The van der Waals surface area contributed by atoms with Gasteiger partial charge in [0.1, 0.15) is 5.54 Å². The zero-order valence-electron chi connectivity index (χ0n) is 19.0. The highest BCUT2D eigenvalue weighted by atomic mass is 16.2. The Kier molecular flexibility index (Phi) is 5.39. The molecule has 9 heteroatoms. The van der Waals surface area contributed by atoms with Gasteiger partial charge < -0.3 is 27.4 Å². The Bertz CT molecular complexity index is 880. The fraction of sp³-hybridized carbons (Fsp3) is 0.739. The number of nitrogens with two attached hydrogens (primary N) is 3. The van der Waals surface area contributed by atoms with Crippen molar-refractivity contribution in [3.63, 3.8) is 0 Å². The van der Waals surface area contributed by atoms with Crippen LogP contribution in [0.15, 0.2) is 12.2 Å². The van der Waals surface area contributed by atoms with E-state index in [2.05, 4.69) is 17.5 Å². The fourth-order valence-electron chi connectivity index (χ4n) is 6.74. The average Bonchev–Trinajstić information content (AvgIpc) is 3.45. The van der Waals surface area contributed by atoms with Crippen LogP contribution in [0.25, 0.3) is 0 Å². The van der Waals surface area contributed by atoms with Gasteiger partial charge in [0, 0.05) is 24.9 Å². The highest BCUT2D eigenvalue weighted by Gasteiger charge is 2.70. The minimum atomic E-state index is -1.59. The Balaban J connectivity index is 1.84. The molecule has 2 aliphatic carbocycles. The van der Waals surface area contributed by atoms with Crippen LogP contribution in [0, 0.1) is 40.9 Å². The summed E-state index contributed by atoms with van der Waals surface area (Å²) in [5.74, 6) is -3.58. The Morgan fingerprint density at radius 2 is 1.88 bits per heavy atom. The predicted octanol–water partition coefficient (Wildman–Crippen LogP) is -0.508. The van der Waals surface area contributed by atoms with Gasteiger partial charge in [0.05, 0.1) is 12.0 Å². The van der Waals surface area contributed by atoms with Crippen LogP contribution >= 0.6 is 0 Å². The molecule has 8 atom stereocenters. The molecule has 3 fully saturated rings. The van der Waals surface area contributed by atoms with E-state index < -0.39 is 46.6 Å². The lowest BCUT2D eigenvalue weighted by atomic mass is 9.64. The van der Waals surface area contributed by atoms with E-state index in [1.54, 1.807) is 0 Å². The molecule has 2 aliphatic heterocycles. The summed E-state index contributed by atoms with van der Waals surface area (Å²) in [6.45, 7) is 6.40. The third-order valence-electron chi connectivity index (χ3n) is 8.39. The van der Waals surface area contributed by atoms with Gasteiger partial charge in [0.15, 0.2) is 0 Å². The lowest BCUT2D eigenvalue weighted by Crippen LogP contribution is -2.69. The first kappa shape index (κ1) is 22.8. The highest BCUT2D eigenvalue weighted by molar-refractivity contribution is 5.98. The summed E-state index contributed by atoms with van der Waals surface area (Å²) in [5, 5.41) is 2.77. The van der Waals surface area contributed by atoms with Crippen molar-refractivity contribution in [1.82, 2.24) is 10.2 Å². The molecule has 9 nitrogen and oxygen atoms in total. The molecule has 7 N–H and O–H groups in total. The van der Waals surface area contributed by atoms with Gasteiger partial charge in [-0.05, 0) is 42.4 Å². The third kappa shape index (κ3) is 3.16. The number of allylic oxidation sites excluding steroid dienone is 2. The van der Waals surface area contributed by atoms with E-state index in [0.29, 0.717) is 19.5 Å². The Morgan fingerprint density at radius 1 is 1.22 bits per heavy atom. The fourth-order valence-corrected chi connectivity index (χ4v) is 6.74. The normalized spacial score (nSPS) is 37.3. The Labute approximate surface area is 188 Å². The number of rotatable bonds is 6. The summed E-state index contributed by atoms with van der Waals surface area (Å²) in [4.78, 5) is 53.9. The minimum absolute atomic E-state index is 0.00729. The van der Waals surface area contributed by atoms with Gasteiger partial charge in [-0.15, -0.1) is 0 Å². The van der Waals surface area contributed by atoms with Crippen molar-refractivity contribution in [3.8, 4) is 0 Å².